The van der Waals surface area contributed by atoms with Crippen LogP contribution in [0.2, 0.25) is 0 Å². The normalized spacial score (nSPS) is 14.1. The number of ether oxygens (including phenoxy) is 1. The summed E-state index contributed by atoms with van der Waals surface area (Å²) in [7, 11) is 4.01. The quantitative estimate of drug-likeness (QED) is 0.120. The largest absolute Gasteiger partial charge is 0.800 e. The third kappa shape index (κ3) is 7.65. The number of nitrogens with zero attached hydrogens (tertiary/aromatic N) is 4. The molecule has 0 aliphatic carbocycles. The minimum Gasteiger partial charge on any atom is -0.800 e. The summed E-state index contributed by atoms with van der Waals surface area (Å²) >= 11 is 10.3. The van der Waals surface area contributed by atoms with Gasteiger partial charge in [-0.3, -0.25) is 4.99 Å². The van der Waals surface area contributed by atoms with Crippen LogP contribution >= 0.6 is 0 Å². The van der Waals surface area contributed by atoms with Gasteiger partial charge in [0.2, 0.25) is 0 Å². The third-order valence-electron chi connectivity index (χ3n) is 5.90. The summed E-state index contributed by atoms with van der Waals surface area (Å²) in [6.07, 6.45) is 1.78. The second-order valence-electron chi connectivity index (χ2n) is 8.50. The fourth-order valence-electron chi connectivity index (χ4n) is 3.77. The monoisotopic (exact) mass is 701 g/mol. The Balaban J connectivity index is 0.00000361. The van der Waals surface area contributed by atoms with Crippen LogP contribution in [-0.2, 0) is 47.6 Å². The van der Waals surface area contributed by atoms with Gasteiger partial charge in [0, 0.05) is 80.2 Å². The maximum Gasteiger partial charge on any atom is 0.343 e. The molecule has 1 saturated heterocycles. The fourth-order valence-corrected chi connectivity index (χ4v) is 4.19. The molecule has 3 aromatic carbocycles. The van der Waals surface area contributed by atoms with E-state index in [2.05, 4.69) is 14.8 Å². The fraction of sp³-hybridized carbons (Fsp3) is 0.259. The van der Waals surface area contributed by atoms with Crippen LogP contribution in [-0.4, -0.2) is 62.1 Å². The van der Waals surface area contributed by atoms with E-state index in [1.807, 2.05) is 79.7 Å². The van der Waals surface area contributed by atoms with Crippen LogP contribution in [0.15, 0.2) is 77.8 Å². The molecule has 193 valence electrons. The van der Waals surface area contributed by atoms with Gasteiger partial charge in [0.05, 0.1) is 11.3 Å². The summed E-state index contributed by atoms with van der Waals surface area (Å²) in [6.45, 7) is 3.47. The van der Waals surface area contributed by atoms with Crippen molar-refractivity contribution in [3.05, 3.63) is 83.9 Å². The van der Waals surface area contributed by atoms with E-state index in [0.717, 1.165) is 48.8 Å². The molecule has 1 heterocycles. The van der Waals surface area contributed by atoms with Gasteiger partial charge >= 0.3 is 5.97 Å². The average molecular weight is 702 g/mol. The number of esters is 1. The number of carbonyl (C=O) groups is 1. The van der Waals surface area contributed by atoms with E-state index in [0.29, 0.717) is 11.3 Å². The molecule has 0 amide bonds. The van der Waals surface area contributed by atoms with Gasteiger partial charge in [0.15, 0.2) is 0 Å². The van der Waals surface area contributed by atoms with Crippen LogP contribution in [0, 0.1) is 0 Å². The van der Waals surface area contributed by atoms with Crippen molar-refractivity contribution in [2.75, 3.05) is 50.1 Å². The van der Waals surface area contributed by atoms with E-state index < -0.39 is 5.97 Å². The van der Waals surface area contributed by atoms with Crippen LogP contribution in [0.25, 0.3) is 0 Å². The van der Waals surface area contributed by atoms with Crippen LogP contribution in [0.4, 0.5) is 17.1 Å². The molecule has 6 nitrogen and oxygen atoms in total. The van der Waals surface area contributed by atoms with E-state index in [9.17, 15) is 4.79 Å². The van der Waals surface area contributed by atoms with E-state index in [-0.39, 0.29) is 27.1 Å². The third-order valence-corrected chi connectivity index (χ3v) is 6.50. The zero-order valence-electron chi connectivity index (χ0n) is 20.1. The first-order valence-electron chi connectivity index (χ1n) is 11.4. The van der Waals surface area contributed by atoms with Gasteiger partial charge in [-0.05, 0) is 66.2 Å². The second-order valence-corrected chi connectivity index (χ2v) is 9.70. The molecule has 4 rings (SSSR count). The minimum absolute atomic E-state index is 0. The average Bonchev–Trinajstić information content (AvgIpc) is 2.88. The Bertz CT molecular complexity index is 1150. The number of anilines is 2. The Morgan fingerprint density at radius 2 is 1.53 bits per heavy atom. The van der Waals surface area contributed by atoms with Crippen LogP contribution < -0.4 is 14.5 Å². The maximum absolute atomic E-state index is 12.6. The first-order valence-corrected chi connectivity index (χ1v) is 12.4. The van der Waals surface area contributed by atoms with E-state index >= 15 is 0 Å². The molecule has 1 aliphatic rings. The minimum atomic E-state index is -0.393. The zero-order valence-corrected chi connectivity index (χ0v) is 23.9. The Morgan fingerprint density at radius 1 is 0.917 bits per heavy atom. The maximum atomic E-state index is 12.6. The van der Waals surface area contributed by atoms with Crippen LogP contribution in [0.3, 0.4) is 0 Å². The van der Waals surface area contributed by atoms with Crippen molar-refractivity contribution in [1.82, 2.24) is 4.90 Å². The van der Waals surface area contributed by atoms with Crippen molar-refractivity contribution >= 4 is 54.5 Å². The predicted octanol–water partition coefficient (Wildman–Crippen LogP) is 4.22. The number of hydrogen-bond acceptors (Lipinski definition) is 8. The molecular weight excluding hydrogens is 673 g/mol. The topological polar surface area (TPSA) is 48.4 Å². The van der Waals surface area contributed by atoms with Crippen molar-refractivity contribution in [2.24, 2.45) is 4.99 Å². The first-order chi connectivity index (χ1) is 16.9. The Hall–Kier alpha value is -2.20. The van der Waals surface area contributed by atoms with Gasteiger partial charge in [0.1, 0.15) is 5.75 Å². The van der Waals surface area contributed by atoms with E-state index in [4.69, 9.17) is 30.0 Å². The molecule has 1 aliphatic heterocycles. The standard InChI is InChI=1S/C27H30N4O2S2.Au/c1-29(2)23-9-7-22(8-10-23)28-19-20-3-5-21(6-4-20)26(32)33-25-13-11-24(12-14-25)30-15-17-31(18-16-30)27(34)35;/h3-14,19,27,34-35H,15-18H2,1-2H3;/p-2. The van der Waals surface area contributed by atoms with Gasteiger partial charge in [0.25, 0.3) is 0 Å². The number of aliphatic imine (C=N–C) groups is 1. The molecule has 0 bridgehead atoms. The summed E-state index contributed by atoms with van der Waals surface area (Å²) in [6, 6.07) is 22.8. The number of piperazine rings is 1. The molecule has 0 unspecified atom stereocenters. The van der Waals surface area contributed by atoms with Crippen molar-refractivity contribution in [1.29, 1.82) is 0 Å². The number of carbonyl (C=O) groups excluding carboxylic acids is 1. The molecule has 0 spiro atoms. The summed E-state index contributed by atoms with van der Waals surface area (Å²) in [5.41, 5.74) is 4.48. The molecule has 1 radical (unpaired) electrons. The van der Waals surface area contributed by atoms with Crippen molar-refractivity contribution in [3.8, 4) is 5.75 Å². The number of hydrogen-bond donors (Lipinski definition) is 0. The molecule has 9 heteroatoms. The summed E-state index contributed by atoms with van der Waals surface area (Å²) in [4.78, 5) is 23.5. The van der Waals surface area contributed by atoms with E-state index in [1.54, 1.807) is 18.3 Å². The SMILES string of the molecule is CN(C)c1ccc(N=Cc2ccc(C(=O)Oc3ccc(N4CCN(C([S-])[S-])CC4)cc3)cc2)cc1.[Au]. The molecule has 1 fully saturated rings. The molecule has 3 aromatic rings. The van der Waals surface area contributed by atoms with Gasteiger partial charge in [-0.15, -0.1) is 0 Å². The Labute approximate surface area is 239 Å². The smallest absolute Gasteiger partial charge is 0.343 e. The molecule has 36 heavy (non-hydrogen) atoms. The number of rotatable bonds is 7. The number of benzene rings is 3. The molecule has 0 atom stereocenters. The molecule has 0 aromatic heterocycles. The van der Waals surface area contributed by atoms with Crippen molar-refractivity contribution in [3.63, 3.8) is 0 Å². The van der Waals surface area contributed by atoms with Crippen LogP contribution in [0.1, 0.15) is 15.9 Å². The molecular formula is C27H28AuN4O2S2-2. The first kappa shape index (κ1) is 28.4. The van der Waals surface area contributed by atoms with Gasteiger partial charge < -0.3 is 44.7 Å². The Morgan fingerprint density at radius 3 is 2.08 bits per heavy atom. The van der Waals surface area contributed by atoms with Gasteiger partial charge in [-0.1, -0.05) is 12.1 Å². The second kappa shape index (κ2) is 13.4. The summed E-state index contributed by atoms with van der Waals surface area (Å²) in [5, 5.41) is 0. The predicted molar refractivity (Wildman–Crippen MR) is 148 cm³/mol. The molecule has 0 saturated carbocycles. The van der Waals surface area contributed by atoms with Crippen molar-refractivity contribution in [2.45, 2.75) is 4.71 Å². The summed E-state index contributed by atoms with van der Waals surface area (Å²) in [5.74, 6) is 0.122. The van der Waals surface area contributed by atoms with Crippen molar-refractivity contribution < 1.29 is 31.9 Å². The Kier molecular flexibility index (Phi) is 10.5. The van der Waals surface area contributed by atoms with Gasteiger partial charge in [-0.2, -0.15) is 0 Å². The van der Waals surface area contributed by atoms with Gasteiger partial charge in [-0.25, -0.2) is 9.50 Å². The van der Waals surface area contributed by atoms with Crippen LogP contribution in [0.5, 0.6) is 5.75 Å². The molecule has 0 N–H and O–H groups in total. The van der Waals surface area contributed by atoms with E-state index in [1.165, 1.54) is 0 Å². The summed E-state index contributed by atoms with van der Waals surface area (Å²) < 4.78 is 5.31. The zero-order chi connectivity index (χ0) is 24.8.